The zero-order chi connectivity index (χ0) is 20.1. The van der Waals surface area contributed by atoms with Crippen LogP contribution in [0.2, 0.25) is 0 Å². The Morgan fingerprint density at radius 1 is 0.966 bits per heavy atom. The molecule has 1 aromatic heterocycles. The molecule has 1 aliphatic rings. The molecule has 148 valence electrons. The molecule has 1 amide bonds. The van der Waals surface area contributed by atoms with E-state index in [1.165, 1.54) is 19.3 Å². The van der Waals surface area contributed by atoms with Crippen LogP contribution >= 0.6 is 0 Å². The summed E-state index contributed by atoms with van der Waals surface area (Å²) >= 11 is 0. The van der Waals surface area contributed by atoms with Gasteiger partial charge in [0.25, 0.3) is 5.91 Å². The highest BCUT2D eigenvalue weighted by atomic mass is 16.5. The second-order valence-electron chi connectivity index (χ2n) is 7.06. The lowest BCUT2D eigenvalue weighted by molar-refractivity contribution is 0.102. The third-order valence-electron chi connectivity index (χ3n) is 5.11. The number of carbonyl (C=O) groups excluding carboxylic acids is 1. The van der Waals surface area contributed by atoms with Gasteiger partial charge in [0.1, 0.15) is 5.75 Å². The molecule has 0 spiro atoms. The first-order valence-corrected chi connectivity index (χ1v) is 9.88. The van der Waals surface area contributed by atoms with Crippen LogP contribution in [0.3, 0.4) is 0 Å². The second-order valence-corrected chi connectivity index (χ2v) is 7.06. The second kappa shape index (κ2) is 8.73. The van der Waals surface area contributed by atoms with E-state index >= 15 is 0 Å². The van der Waals surface area contributed by atoms with Crippen molar-refractivity contribution in [1.29, 1.82) is 0 Å². The minimum Gasteiger partial charge on any atom is -0.495 e. The molecular formula is C23H24N4O2. The van der Waals surface area contributed by atoms with Crippen LogP contribution in [0.5, 0.6) is 5.75 Å². The van der Waals surface area contributed by atoms with E-state index in [1.54, 1.807) is 13.2 Å². The predicted octanol–water partition coefficient (Wildman–Crippen LogP) is 4.39. The van der Waals surface area contributed by atoms with Crippen molar-refractivity contribution in [3.63, 3.8) is 0 Å². The number of nitrogens with zero attached hydrogens (tertiary/aromatic N) is 3. The van der Waals surface area contributed by atoms with E-state index in [2.05, 4.69) is 20.4 Å². The van der Waals surface area contributed by atoms with E-state index in [4.69, 9.17) is 4.74 Å². The van der Waals surface area contributed by atoms with Gasteiger partial charge in [0.15, 0.2) is 5.82 Å². The molecule has 1 aliphatic heterocycles. The fourth-order valence-electron chi connectivity index (χ4n) is 3.53. The maximum atomic E-state index is 12.7. The van der Waals surface area contributed by atoms with Gasteiger partial charge >= 0.3 is 0 Å². The van der Waals surface area contributed by atoms with Gasteiger partial charge in [-0.25, -0.2) is 0 Å². The molecule has 6 heteroatoms. The van der Waals surface area contributed by atoms with E-state index in [0.29, 0.717) is 17.0 Å². The molecule has 1 N–H and O–H groups in total. The molecule has 0 radical (unpaired) electrons. The normalized spacial score (nSPS) is 13.8. The third-order valence-corrected chi connectivity index (χ3v) is 5.11. The number of benzene rings is 2. The first kappa shape index (κ1) is 18.9. The highest BCUT2D eigenvalue weighted by Gasteiger charge is 2.14. The molecule has 29 heavy (non-hydrogen) atoms. The van der Waals surface area contributed by atoms with Gasteiger partial charge in [0.2, 0.25) is 0 Å². The van der Waals surface area contributed by atoms with Crippen LogP contribution in [-0.2, 0) is 0 Å². The summed E-state index contributed by atoms with van der Waals surface area (Å²) in [7, 11) is 1.58. The number of methoxy groups -OCH3 is 1. The molecule has 3 aromatic rings. The maximum Gasteiger partial charge on any atom is 0.255 e. The molecule has 0 bridgehead atoms. The van der Waals surface area contributed by atoms with E-state index in [0.717, 1.165) is 30.2 Å². The third kappa shape index (κ3) is 4.37. The maximum absolute atomic E-state index is 12.7. The Bertz CT molecular complexity index is 982. The number of aromatic nitrogens is 2. The van der Waals surface area contributed by atoms with Crippen LogP contribution in [0.4, 0.5) is 11.5 Å². The Balaban J connectivity index is 1.51. The number of piperidine rings is 1. The van der Waals surface area contributed by atoms with E-state index < -0.39 is 0 Å². The number of carbonyl (C=O) groups is 1. The van der Waals surface area contributed by atoms with Gasteiger partial charge in [0, 0.05) is 24.2 Å². The Labute approximate surface area is 170 Å². The molecule has 0 aliphatic carbocycles. The summed E-state index contributed by atoms with van der Waals surface area (Å²) in [5.74, 6) is 1.34. The van der Waals surface area contributed by atoms with Crippen molar-refractivity contribution < 1.29 is 9.53 Å². The van der Waals surface area contributed by atoms with Crippen molar-refractivity contribution in [3.05, 3.63) is 66.2 Å². The Hall–Kier alpha value is -3.41. The summed E-state index contributed by atoms with van der Waals surface area (Å²) in [6.07, 6.45) is 3.69. The van der Waals surface area contributed by atoms with Crippen LogP contribution in [-0.4, -0.2) is 36.3 Å². The van der Waals surface area contributed by atoms with Gasteiger partial charge in [-0.3, -0.25) is 4.79 Å². The lowest BCUT2D eigenvalue weighted by atomic mass is 10.1. The van der Waals surface area contributed by atoms with Gasteiger partial charge in [-0.15, -0.1) is 10.2 Å². The fourth-order valence-corrected chi connectivity index (χ4v) is 3.53. The summed E-state index contributed by atoms with van der Waals surface area (Å²) in [4.78, 5) is 15.0. The van der Waals surface area contributed by atoms with Crippen molar-refractivity contribution >= 4 is 17.4 Å². The summed E-state index contributed by atoms with van der Waals surface area (Å²) < 4.78 is 5.30. The first-order chi connectivity index (χ1) is 14.2. The van der Waals surface area contributed by atoms with Crippen LogP contribution in [0.25, 0.3) is 11.3 Å². The summed E-state index contributed by atoms with van der Waals surface area (Å²) in [6, 6.07) is 18.7. The average Bonchev–Trinajstić information content (AvgIpc) is 2.80. The standard InChI is InChI=1S/C23H24N4O2/c1-29-21-11-4-3-10-20(21)24-23(28)18-9-7-8-17(16-18)19-12-13-22(26-25-19)27-14-5-2-6-15-27/h3-4,7-13,16H,2,5-6,14-15H2,1H3,(H,24,28). The molecule has 2 aromatic carbocycles. The minimum atomic E-state index is -0.200. The number of anilines is 2. The largest absolute Gasteiger partial charge is 0.495 e. The highest BCUT2D eigenvalue weighted by molar-refractivity contribution is 6.05. The van der Waals surface area contributed by atoms with Crippen molar-refractivity contribution in [1.82, 2.24) is 10.2 Å². The SMILES string of the molecule is COc1ccccc1NC(=O)c1cccc(-c2ccc(N3CCCCC3)nn2)c1. The van der Waals surface area contributed by atoms with Crippen molar-refractivity contribution in [2.24, 2.45) is 0 Å². The topological polar surface area (TPSA) is 67.3 Å². The zero-order valence-corrected chi connectivity index (χ0v) is 16.5. The van der Waals surface area contributed by atoms with Crippen LogP contribution in [0, 0.1) is 0 Å². The molecule has 1 saturated heterocycles. The number of hydrogen-bond acceptors (Lipinski definition) is 5. The van der Waals surface area contributed by atoms with Gasteiger partial charge in [-0.05, 0) is 55.7 Å². The molecule has 2 heterocycles. The van der Waals surface area contributed by atoms with Gasteiger partial charge in [-0.2, -0.15) is 0 Å². The van der Waals surface area contributed by atoms with Gasteiger partial charge in [-0.1, -0.05) is 24.3 Å². The number of amides is 1. The van der Waals surface area contributed by atoms with Crippen molar-refractivity contribution in [2.75, 3.05) is 30.4 Å². The quantitative estimate of drug-likeness (QED) is 0.702. The predicted molar refractivity (Wildman–Crippen MR) is 114 cm³/mol. The van der Waals surface area contributed by atoms with Crippen LogP contribution in [0.1, 0.15) is 29.6 Å². The zero-order valence-electron chi connectivity index (χ0n) is 16.5. The highest BCUT2D eigenvalue weighted by Crippen LogP contribution is 2.25. The molecule has 4 rings (SSSR count). The Morgan fingerprint density at radius 3 is 2.55 bits per heavy atom. The summed E-state index contributed by atoms with van der Waals surface area (Å²) in [6.45, 7) is 2.07. The lowest BCUT2D eigenvalue weighted by Gasteiger charge is -2.27. The van der Waals surface area contributed by atoms with E-state index in [-0.39, 0.29) is 5.91 Å². The summed E-state index contributed by atoms with van der Waals surface area (Å²) in [5.41, 5.74) is 2.79. The number of ether oxygens (including phenoxy) is 1. The molecule has 1 fully saturated rings. The number of para-hydroxylation sites is 2. The molecular weight excluding hydrogens is 364 g/mol. The molecule has 0 unspecified atom stereocenters. The number of hydrogen-bond donors (Lipinski definition) is 1. The van der Waals surface area contributed by atoms with Crippen molar-refractivity contribution in [3.8, 4) is 17.0 Å². The number of rotatable bonds is 5. The van der Waals surface area contributed by atoms with Crippen molar-refractivity contribution in [2.45, 2.75) is 19.3 Å². The smallest absolute Gasteiger partial charge is 0.255 e. The van der Waals surface area contributed by atoms with Crippen LogP contribution < -0.4 is 15.0 Å². The minimum absolute atomic E-state index is 0.200. The molecule has 0 saturated carbocycles. The fraction of sp³-hybridized carbons (Fsp3) is 0.261. The number of nitrogens with one attached hydrogen (secondary N) is 1. The van der Waals surface area contributed by atoms with E-state index in [1.807, 2.05) is 54.6 Å². The monoisotopic (exact) mass is 388 g/mol. The Morgan fingerprint density at radius 2 is 1.79 bits per heavy atom. The first-order valence-electron chi connectivity index (χ1n) is 9.88. The van der Waals surface area contributed by atoms with Gasteiger partial charge < -0.3 is 15.0 Å². The molecule has 0 atom stereocenters. The Kier molecular flexibility index (Phi) is 5.70. The summed E-state index contributed by atoms with van der Waals surface area (Å²) in [5, 5.41) is 11.7. The lowest BCUT2D eigenvalue weighted by Crippen LogP contribution is -2.30. The van der Waals surface area contributed by atoms with E-state index in [9.17, 15) is 4.79 Å². The van der Waals surface area contributed by atoms with Crippen LogP contribution in [0.15, 0.2) is 60.7 Å². The van der Waals surface area contributed by atoms with Gasteiger partial charge in [0.05, 0.1) is 18.5 Å². The average molecular weight is 388 g/mol. The molecule has 6 nitrogen and oxygen atoms in total.